The van der Waals surface area contributed by atoms with Crippen molar-refractivity contribution in [1.29, 1.82) is 0 Å². The summed E-state index contributed by atoms with van der Waals surface area (Å²) in [5, 5.41) is 16.1. The Morgan fingerprint density at radius 3 is 2.64 bits per heavy atom. The topological polar surface area (TPSA) is 92.4 Å². The van der Waals surface area contributed by atoms with Crippen molar-refractivity contribution in [2.45, 2.75) is 40.0 Å². The highest BCUT2D eigenvalue weighted by atomic mass is 32.1. The average Bonchev–Trinajstić information content (AvgIpc) is 3.03. The van der Waals surface area contributed by atoms with Crippen molar-refractivity contribution < 1.29 is 19.2 Å². The molecule has 2 heterocycles. The van der Waals surface area contributed by atoms with Gasteiger partial charge in [-0.1, -0.05) is 25.9 Å². The Bertz CT molecular complexity index is 715. The summed E-state index contributed by atoms with van der Waals surface area (Å²) >= 11 is 1.26. The van der Waals surface area contributed by atoms with Gasteiger partial charge in [-0.25, -0.2) is 4.79 Å². The van der Waals surface area contributed by atoms with E-state index in [0.717, 1.165) is 10.4 Å². The molecule has 2 rings (SSSR count). The lowest BCUT2D eigenvalue weighted by Gasteiger charge is -2.03. The van der Waals surface area contributed by atoms with E-state index in [1.807, 2.05) is 27.7 Å². The molecule has 0 aliphatic carbocycles. The van der Waals surface area contributed by atoms with E-state index >= 15 is 0 Å². The van der Waals surface area contributed by atoms with Crippen molar-refractivity contribution >= 4 is 28.2 Å². The van der Waals surface area contributed by atoms with Gasteiger partial charge in [0.2, 0.25) is 0 Å². The molecular weight excluding hydrogens is 304 g/mol. The van der Waals surface area contributed by atoms with Crippen LogP contribution in [0.25, 0.3) is 0 Å². The number of thiophene rings is 1. The normalized spacial score (nSPS) is 11.0. The Kier molecular flexibility index (Phi) is 4.65. The summed E-state index contributed by atoms with van der Waals surface area (Å²) in [5.74, 6) is -0.777. The fraction of sp³-hybridized carbons (Fsp3) is 0.400. The minimum absolute atomic E-state index is 0.124. The molecule has 0 bridgehead atoms. The molecule has 0 spiro atoms. The summed E-state index contributed by atoms with van der Waals surface area (Å²) in [4.78, 5) is 24.5. The van der Waals surface area contributed by atoms with E-state index < -0.39 is 11.9 Å². The van der Waals surface area contributed by atoms with E-state index in [-0.39, 0.29) is 17.2 Å². The lowest BCUT2D eigenvalue weighted by molar-refractivity contribution is 0.0697. The SMILES string of the molecule is CCc1c(C)sc(NC(=O)c2cc(C(C)C)on2)c1C(=O)O. The van der Waals surface area contributed by atoms with E-state index in [1.54, 1.807) is 6.07 Å². The second kappa shape index (κ2) is 6.31. The molecule has 118 valence electrons. The molecule has 0 aromatic carbocycles. The maximum absolute atomic E-state index is 12.2. The zero-order valence-electron chi connectivity index (χ0n) is 12.9. The number of carboxylic acid groups (broad SMARTS) is 1. The van der Waals surface area contributed by atoms with Crippen LogP contribution >= 0.6 is 11.3 Å². The van der Waals surface area contributed by atoms with Gasteiger partial charge in [0.15, 0.2) is 5.69 Å². The van der Waals surface area contributed by atoms with E-state index in [9.17, 15) is 14.7 Å². The second-order valence-electron chi connectivity index (χ2n) is 5.22. The number of carboxylic acids is 1. The summed E-state index contributed by atoms with van der Waals surface area (Å²) < 4.78 is 5.09. The zero-order chi connectivity index (χ0) is 16.4. The molecule has 0 radical (unpaired) electrons. The third kappa shape index (κ3) is 3.04. The van der Waals surface area contributed by atoms with Gasteiger partial charge >= 0.3 is 5.97 Å². The second-order valence-corrected chi connectivity index (χ2v) is 6.45. The van der Waals surface area contributed by atoms with E-state index in [4.69, 9.17) is 4.52 Å². The molecule has 0 saturated carbocycles. The minimum atomic E-state index is -1.04. The molecule has 1 amide bonds. The van der Waals surface area contributed by atoms with Crippen LogP contribution in [0.4, 0.5) is 5.00 Å². The Morgan fingerprint density at radius 2 is 2.14 bits per heavy atom. The van der Waals surface area contributed by atoms with Crippen LogP contribution in [0.1, 0.15) is 63.7 Å². The van der Waals surface area contributed by atoms with Crippen molar-refractivity contribution in [1.82, 2.24) is 5.16 Å². The molecule has 0 saturated heterocycles. The lowest BCUT2D eigenvalue weighted by Crippen LogP contribution is -2.14. The van der Waals surface area contributed by atoms with Crippen LogP contribution in [-0.2, 0) is 6.42 Å². The molecule has 7 heteroatoms. The van der Waals surface area contributed by atoms with Crippen LogP contribution < -0.4 is 5.32 Å². The first-order valence-corrected chi connectivity index (χ1v) is 7.80. The van der Waals surface area contributed by atoms with Crippen LogP contribution in [0.2, 0.25) is 0 Å². The van der Waals surface area contributed by atoms with Crippen molar-refractivity contribution in [3.8, 4) is 0 Å². The van der Waals surface area contributed by atoms with Crippen LogP contribution in [0.5, 0.6) is 0 Å². The molecule has 2 aromatic heterocycles. The number of aromatic nitrogens is 1. The molecule has 0 atom stereocenters. The highest BCUT2D eigenvalue weighted by Gasteiger charge is 2.23. The highest BCUT2D eigenvalue weighted by molar-refractivity contribution is 7.16. The summed E-state index contributed by atoms with van der Waals surface area (Å²) in [7, 11) is 0. The number of nitrogens with zero attached hydrogens (tertiary/aromatic N) is 1. The van der Waals surface area contributed by atoms with E-state index in [1.165, 1.54) is 11.3 Å². The van der Waals surface area contributed by atoms with Gasteiger partial charge in [-0.2, -0.15) is 0 Å². The smallest absolute Gasteiger partial charge is 0.339 e. The van der Waals surface area contributed by atoms with Crippen LogP contribution in [0, 0.1) is 6.92 Å². The number of hydrogen-bond acceptors (Lipinski definition) is 5. The minimum Gasteiger partial charge on any atom is -0.478 e. The standard InChI is InChI=1S/C15H18N2O4S/c1-5-9-8(4)22-14(12(9)15(19)20)16-13(18)10-6-11(7(2)3)21-17-10/h6-7H,5H2,1-4H3,(H,16,18)(H,19,20). The Labute approximate surface area is 132 Å². The molecule has 0 unspecified atom stereocenters. The maximum atomic E-state index is 12.2. The number of hydrogen-bond donors (Lipinski definition) is 2. The number of nitrogens with one attached hydrogen (secondary N) is 1. The van der Waals surface area contributed by atoms with Crippen LogP contribution in [0.15, 0.2) is 10.6 Å². The summed E-state index contributed by atoms with van der Waals surface area (Å²) in [5.41, 5.74) is 1.05. The van der Waals surface area contributed by atoms with Gasteiger partial charge in [0.05, 0.1) is 5.56 Å². The summed E-state index contributed by atoms with van der Waals surface area (Å²) in [6.07, 6.45) is 0.599. The summed E-state index contributed by atoms with van der Waals surface area (Å²) in [6, 6.07) is 1.57. The quantitative estimate of drug-likeness (QED) is 0.876. The summed E-state index contributed by atoms with van der Waals surface area (Å²) in [6.45, 7) is 7.60. The molecule has 2 aromatic rings. The fourth-order valence-corrected chi connectivity index (χ4v) is 3.29. The zero-order valence-corrected chi connectivity index (χ0v) is 13.7. The number of anilines is 1. The number of carbonyl (C=O) groups is 2. The van der Waals surface area contributed by atoms with Gasteiger partial charge in [0.25, 0.3) is 5.91 Å². The molecule has 2 N–H and O–H groups in total. The van der Waals surface area contributed by atoms with Crippen molar-refractivity contribution in [2.75, 3.05) is 5.32 Å². The van der Waals surface area contributed by atoms with Gasteiger partial charge in [0.1, 0.15) is 10.8 Å². The predicted molar refractivity (Wildman–Crippen MR) is 83.9 cm³/mol. The third-order valence-electron chi connectivity index (χ3n) is 3.33. The van der Waals surface area contributed by atoms with Gasteiger partial charge < -0.3 is 14.9 Å². The fourth-order valence-electron chi connectivity index (χ4n) is 2.15. The van der Waals surface area contributed by atoms with E-state index in [2.05, 4.69) is 10.5 Å². The van der Waals surface area contributed by atoms with Crippen molar-refractivity contribution in [3.05, 3.63) is 33.5 Å². The maximum Gasteiger partial charge on any atom is 0.339 e. The van der Waals surface area contributed by atoms with Gasteiger partial charge in [-0.3, -0.25) is 4.79 Å². The Balaban J connectivity index is 2.30. The van der Waals surface area contributed by atoms with Gasteiger partial charge in [-0.15, -0.1) is 11.3 Å². The van der Waals surface area contributed by atoms with Crippen molar-refractivity contribution in [2.24, 2.45) is 0 Å². The highest BCUT2D eigenvalue weighted by Crippen LogP contribution is 2.33. The third-order valence-corrected chi connectivity index (χ3v) is 4.40. The molecule has 0 fully saturated rings. The van der Waals surface area contributed by atoms with E-state index in [0.29, 0.717) is 17.2 Å². The number of amides is 1. The first-order valence-electron chi connectivity index (χ1n) is 6.98. The number of aryl methyl sites for hydroxylation is 1. The van der Waals surface area contributed by atoms with Crippen molar-refractivity contribution in [3.63, 3.8) is 0 Å². The first-order chi connectivity index (χ1) is 10.3. The Morgan fingerprint density at radius 1 is 1.45 bits per heavy atom. The lowest BCUT2D eigenvalue weighted by atomic mass is 10.1. The first kappa shape index (κ1) is 16.2. The predicted octanol–water partition coefficient (Wildman–Crippen LogP) is 3.68. The molecule has 22 heavy (non-hydrogen) atoms. The largest absolute Gasteiger partial charge is 0.478 e. The molecular formula is C15H18N2O4S. The molecule has 6 nitrogen and oxygen atoms in total. The monoisotopic (exact) mass is 322 g/mol. The molecule has 0 aliphatic rings. The average molecular weight is 322 g/mol. The number of rotatable bonds is 5. The van der Waals surface area contributed by atoms with Gasteiger partial charge in [-0.05, 0) is 18.9 Å². The van der Waals surface area contributed by atoms with Crippen LogP contribution in [-0.4, -0.2) is 22.1 Å². The number of carbonyl (C=O) groups excluding carboxylic acids is 1. The molecule has 0 aliphatic heterocycles. The van der Waals surface area contributed by atoms with Crippen LogP contribution in [0.3, 0.4) is 0 Å². The van der Waals surface area contributed by atoms with Gasteiger partial charge in [0, 0.05) is 16.9 Å². The number of aromatic carboxylic acids is 1. The Hall–Kier alpha value is -2.15.